The van der Waals surface area contributed by atoms with Crippen molar-refractivity contribution in [2.45, 2.75) is 57.2 Å². The van der Waals surface area contributed by atoms with Gasteiger partial charge in [0, 0.05) is 19.2 Å². The summed E-state index contributed by atoms with van der Waals surface area (Å²) in [6.07, 6.45) is 5.04. The number of aliphatic hydroxyl groups excluding tert-OH is 1. The molecule has 112 valence electrons. The number of hydrogen-bond acceptors (Lipinski definition) is 4. The molecule has 1 aliphatic heterocycles. The molecule has 1 saturated heterocycles. The molecule has 3 atom stereocenters. The SMILES string of the molecule is CCCNC(CO)(CN(C)C1CCOC1C)C1CC1. The van der Waals surface area contributed by atoms with Gasteiger partial charge in [-0.15, -0.1) is 0 Å². The van der Waals surface area contributed by atoms with Crippen molar-refractivity contribution in [3.05, 3.63) is 0 Å². The second-order valence-electron chi connectivity index (χ2n) is 6.36. The zero-order valence-corrected chi connectivity index (χ0v) is 12.7. The molecule has 0 radical (unpaired) electrons. The van der Waals surface area contributed by atoms with E-state index in [1.165, 1.54) is 12.8 Å². The van der Waals surface area contributed by atoms with E-state index in [1.54, 1.807) is 0 Å². The number of hydrogen-bond donors (Lipinski definition) is 2. The van der Waals surface area contributed by atoms with Gasteiger partial charge in [0.05, 0.1) is 18.2 Å². The Morgan fingerprint density at radius 3 is 2.58 bits per heavy atom. The number of ether oxygens (including phenoxy) is 1. The van der Waals surface area contributed by atoms with Crippen LogP contribution in [-0.2, 0) is 4.74 Å². The first-order valence-corrected chi connectivity index (χ1v) is 7.80. The molecule has 19 heavy (non-hydrogen) atoms. The van der Waals surface area contributed by atoms with Crippen molar-refractivity contribution in [1.29, 1.82) is 0 Å². The molecule has 3 unspecified atom stereocenters. The monoisotopic (exact) mass is 270 g/mol. The van der Waals surface area contributed by atoms with Crippen molar-refractivity contribution in [2.75, 3.05) is 33.4 Å². The molecule has 2 fully saturated rings. The molecule has 0 aromatic heterocycles. The highest BCUT2D eigenvalue weighted by Gasteiger charge is 2.46. The molecular formula is C15H30N2O2. The fourth-order valence-corrected chi connectivity index (χ4v) is 3.44. The molecule has 0 amide bonds. The van der Waals surface area contributed by atoms with Crippen molar-refractivity contribution in [3.8, 4) is 0 Å². The quantitative estimate of drug-likeness (QED) is 0.696. The number of nitrogens with zero attached hydrogens (tertiary/aromatic N) is 1. The normalized spacial score (nSPS) is 30.8. The second-order valence-corrected chi connectivity index (χ2v) is 6.36. The summed E-state index contributed by atoms with van der Waals surface area (Å²) in [5.41, 5.74) is -0.104. The lowest BCUT2D eigenvalue weighted by molar-refractivity contribution is 0.0499. The first kappa shape index (κ1) is 15.2. The molecule has 2 aliphatic rings. The molecule has 0 bridgehead atoms. The van der Waals surface area contributed by atoms with E-state index in [0.717, 1.165) is 32.5 Å². The Labute approximate surface area is 117 Å². The van der Waals surface area contributed by atoms with Gasteiger partial charge in [-0.1, -0.05) is 6.92 Å². The zero-order valence-electron chi connectivity index (χ0n) is 12.7. The molecule has 2 rings (SSSR count). The molecule has 1 saturated carbocycles. The van der Waals surface area contributed by atoms with Crippen LogP contribution in [0.2, 0.25) is 0 Å². The highest BCUT2D eigenvalue weighted by molar-refractivity contribution is 5.03. The molecule has 4 nitrogen and oxygen atoms in total. The van der Waals surface area contributed by atoms with E-state index in [2.05, 4.69) is 31.1 Å². The predicted octanol–water partition coefficient (Wildman–Crippen LogP) is 1.24. The third-order valence-corrected chi connectivity index (χ3v) is 4.80. The van der Waals surface area contributed by atoms with E-state index >= 15 is 0 Å². The Hall–Kier alpha value is -0.160. The van der Waals surface area contributed by atoms with Gasteiger partial charge in [-0.2, -0.15) is 0 Å². The smallest absolute Gasteiger partial charge is 0.0702 e. The van der Waals surface area contributed by atoms with Gasteiger partial charge in [-0.3, -0.25) is 4.90 Å². The van der Waals surface area contributed by atoms with Gasteiger partial charge in [0.15, 0.2) is 0 Å². The van der Waals surface area contributed by atoms with E-state index in [-0.39, 0.29) is 12.1 Å². The first-order chi connectivity index (χ1) is 9.13. The number of nitrogens with one attached hydrogen (secondary N) is 1. The first-order valence-electron chi connectivity index (χ1n) is 7.80. The van der Waals surface area contributed by atoms with Crippen LogP contribution >= 0.6 is 0 Å². The topological polar surface area (TPSA) is 44.7 Å². The van der Waals surface area contributed by atoms with Crippen molar-refractivity contribution in [1.82, 2.24) is 10.2 Å². The van der Waals surface area contributed by atoms with Crippen LogP contribution in [0, 0.1) is 5.92 Å². The maximum Gasteiger partial charge on any atom is 0.0702 e. The van der Waals surface area contributed by atoms with Gasteiger partial charge in [-0.25, -0.2) is 0 Å². The molecule has 4 heteroatoms. The summed E-state index contributed by atoms with van der Waals surface area (Å²) in [7, 11) is 2.18. The highest BCUT2D eigenvalue weighted by atomic mass is 16.5. The van der Waals surface area contributed by atoms with Crippen LogP contribution in [0.25, 0.3) is 0 Å². The number of likely N-dealkylation sites (N-methyl/N-ethyl adjacent to an activating group) is 1. The third kappa shape index (κ3) is 3.48. The standard InChI is InChI=1S/C15H30N2O2/c1-4-8-16-15(11-18,13-5-6-13)10-17(3)14-7-9-19-12(14)2/h12-14,16,18H,4-11H2,1-3H3. The minimum atomic E-state index is -0.104. The van der Waals surface area contributed by atoms with Gasteiger partial charge in [-0.05, 0) is 52.1 Å². The predicted molar refractivity (Wildman–Crippen MR) is 77.3 cm³/mol. The number of rotatable bonds is 8. The Morgan fingerprint density at radius 2 is 2.11 bits per heavy atom. The summed E-state index contributed by atoms with van der Waals surface area (Å²) in [6, 6.07) is 0.494. The maximum atomic E-state index is 9.95. The van der Waals surface area contributed by atoms with Crippen molar-refractivity contribution in [2.24, 2.45) is 5.92 Å². The number of aliphatic hydroxyl groups is 1. The van der Waals surface area contributed by atoms with Crippen LogP contribution in [-0.4, -0.2) is 61.0 Å². The Balaban J connectivity index is 1.98. The zero-order chi connectivity index (χ0) is 13.9. The van der Waals surface area contributed by atoms with E-state index in [1.807, 2.05) is 0 Å². The Bertz CT molecular complexity index is 283. The summed E-state index contributed by atoms with van der Waals surface area (Å²) in [5, 5.41) is 13.6. The van der Waals surface area contributed by atoms with Crippen LogP contribution in [0.15, 0.2) is 0 Å². The van der Waals surface area contributed by atoms with Gasteiger partial charge in [0.25, 0.3) is 0 Å². The highest BCUT2D eigenvalue weighted by Crippen LogP contribution is 2.40. The fraction of sp³-hybridized carbons (Fsp3) is 1.00. The summed E-state index contributed by atoms with van der Waals surface area (Å²) >= 11 is 0. The van der Waals surface area contributed by atoms with Gasteiger partial charge in [0.1, 0.15) is 0 Å². The lowest BCUT2D eigenvalue weighted by Gasteiger charge is -2.39. The summed E-state index contributed by atoms with van der Waals surface area (Å²) in [5.74, 6) is 0.643. The molecule has 0 spiro atoms. The molecule has 1 heterocycles. The van der Waals surface area contributed by atoms with Crippen molar-refractivity contribution < 1.29 is 9.84 Å². The molecule has 0 aromatic rings. The third-order valence-electron chi connectivity index (χ3n) is 4.80. The van der Waals surface area contributed by atoms with Crippen LogP contribution in [0.1, 0.15) is 39.5 Å². The lowest BCUT2D eigenvalue weighted by Crippen LogP contribution is -2.59. The van der Waals surface area contributed by atoms with E-state index in [9.17, 15) is 5.11 Å². The van der Waals surface area contributed by atoms with Crippen LogP contribution in [0.4, 0.5) is 0 Å². The van der Waals surface area contributed by atoms with E-state index in [4.69, 9.17) is 4.74 Å². The van der Waals surface area contributed by atoms with Crippen LogP contribution < -0.4 is 5.32 Å². The van der Waals surface area contributed by atoms with Crippen molar-refractivity contribution in [3.63, 3.8) is 0 Å². The molecule has 0 aromatic carbocycles. The summed E-state index contributed by atoms with van der Waals surface area (Å²) < 4.78 is 5.67. The van der Waals surface area contributed by atoms with Gasteiger partial charge < -0.3 is 15.2 Å². The Kier molecular flexibility index (Phi) is 5.23. The average molecular weight is 270 g/mol. The maximum absolute atomic E-state index is 9.95. The largest absolute Gasteiger partial charge is 0.394 e. The summed E-state index contributed by atoms with van der Waals surface area (Å²) in [6.45, 7) is 7.36. The van der Waals surface area contributed by atoms with Crippen molar-refractivity contribution >= 4 is 0 Å². The fourth-order valence-electron chi connectivity index (χ4n) is 3.44. The van der Waals surface area contributed by atoms with Crippen LogP contribution in [0.5, 0.6) is 0 Å². The molecular weight excluding hydrogens is 240 g/mol. The summed E-state index contributed by atoms with van der Waals surface area (Å²) in [4.78, 5) is 2.40. The second kappa shape index (κ2) is 6.53. The van der Waals surface area contributed by atoms with Crippen LogP contribution in [0.3, 0.4) is 0 Å². The van der Waals surface area contributed by atoms with E-state index < -0.39 is 0 Å². The lowest BCUT2D eigenvalue weighted by atomic mass is 9.92. The van der Waals surface area contributed by atoms with E-state index in [0.29, 0.717) is 18.1 Å². The minimum absolute atomic E-state index is 0.104. The molecule has 2 N–H and O–H groups in total. The molecule has 1 aliphatic carbocycles. The van der Waals surface area contributed by atoms with Gasteiger partial charge >= 0.3 is 0 Å². The minimum Gasteiger partial charge on any atom is -0.394 e. The van der Waals surface area contributed by atoms with Gasteiger partial charge in [0.2, 0.25) is 0 Å². The average Bonchev–Trinajstić information content (AvgIpc) is 3.17. The Morgan fingerprint density at radius 1 is 1.37 bits per heavy atom.